The van der Waals surface area contributed by atoms with Gasteiger partial charge in [-0.3, -0.25) is 4.79 Å². The van der Waals surface area contributed by atoms with Crippen molar-refractivity contribution >= 4 is 45.8 Å². The molecule has 0 fully saturated rings. The molecule has 39 heavy (non-hydrogen) atoms. The summed E-state index contributed by atoms with van der Waals surface area (Å²) in [6.07, 6.45) is 0. The van der Waals surface area contributed by atoms with E-state index in [1.54, 1.807) is 12.1 Å². The zero-order valence-corrected chi connectivity index (χ0v) is 22.7. The normalized spacial score (nSPS) is 12.1. The van der Waals surface area contributed by atoms with Gasteiger partial charge in [-0.05, 0) is 35.5 Å². The molecule has 0 N–H and O–H groups in total. The van der Waals surface area contributed by atoms with Crippen LogP contribution in [0.25, 0.3) is 0 Å². The van der Waals surface area contributed by atoms with Gasteiger partial charge in [0.15, 0.2) is 0 Å². The Morgan fingerprint density at radius 1 is 0.513 bits per heavy atom. The summed E-state index contributed by atoms with van der Waals surface area (Å²) in [5.74, 6) is 2.10. The molecule has 0 unspecified atom stereocenters. The Bertz CT molecular complexity index is 1540. The molecule has 0 aliphatic heterocycles. The van der Waals surface area contributed by atoms with Gasteiger partial charge in [0.1, 0.15) is 5.71 Å². The number of carbonyl (C=O) groups excluding carboxylic acids is 1. The molecule has 0 aliphatic carbocycles. The van der Waals surface area contributed by atoms with Crippen molar-refractivity contribution in [3.8, 4) is 0 Å². The Labute approximate surface area is 230 Å². The first-order valence-electron chi connectivity index (χ1n) is 12.9. The van der Waals surface area contributed by atoms with E-state index in [-0.39, 0.29) is 5.78 Å². The molecule has 5 aromatic carbocycles. The van der Waals surface area contributed by atoms with E-state index in [1.165, 1.54) is 15.9 Å². The first kappa shape index (κ1) is 26.0. The molecule has 3 nitrogen and oxygen atoms in total. The van der Waals surface area contributed by atoms with Crippen LogP contribution in [0.5, 0.6) is 0 Å². The maximum Gasteiger partial charge on any atom is 0.213 e. The van der Waals surface area contributed by atoms with E-state index < -0.39 is 6.89 Å². The Kier molecular flexibility index (Phi) is 8.21. The van der Waals surface area contributed by atoms with Crippen LogP contribution >= 0.6 is 6.89 Å². The van der Waals surface area contributed by atoms with Crippen LogP contribution in [0, 0.1) is 0 Å². The van der Waals surface area contributed by atoms with Crippen LogP contribution in [-0.2, 0) is 0 Å². The van der Waals surface area contributed by atoms with Gasteiger partial charge in [0, 0.05) is 11.1 Å². The van der Waals surface area contributed by atoms with E-state index in [1.807, 2.05) is 73.7 Å². The SMILES string of the molecule is CC(C=P(c1ccccc1)(c1ccccc1)c1ccccc1)=NN=C(C(=O)c1ccccc1)c1ccccc1. The van der Waals surface area contributed by atoms with Gasteiger partial charge in [-0.1, -0.05) is 152 Å². The summed E-state index contributed by atoms with van der Waals surface area (Å²) in [5.41, 5.74) is 2.38. The standard InChI is InChI=1S/C35H29N2OP/c1-28(36-37-34(29-17-7-2-8-18-29)35(38)30-19-9-3-10-20-30)27-39(31-21-11-4-12-22-31,32-23-13-5-14-24-32)33-25-15-6-16-26-33/h2-27H,1H3. The second kappa shape index (κ2) is 12.3. The lowest BCUT2D eigenvalue weighted by Gasteiger charge is -2.28. The number of carbonyl (C=O) groups is 1. The lowest BCUT2D eigenvalue weighted by Crippen LogP contribution is -2.28. The van der Waals surface area contributed by atoms with Crippen molar-refractivity contribution in [2.45, 2.75) is 6.92 Å². The topological polar surface area (TPSA) is 41.8 Å². The van der Waals surface area contributed by atoms with Gasteiger partial charge in [-0.25, -0.2) is 0 Å². The molecular formula is C35H29N2OP. The van der Waals surface area contributed by atoms with Gasteiger partial charge < -0.3 is 0 Å². The molecule has 0 radical (unpaired) electrons. The van der Waals surface area contributed by atoms with Gasteiger partial charge in [-0.2, -0.15) is 5.10 Å². The van der Waals surface area contributed by atoms with Crippen LogP contribution in [0.3, 0.4) is 0 Å². The number of ketones is 1. The monoisotopic (exact) mass is 524 g/mol. The quantitative estimate of drug-likeness (QED) is 0.0985. The summed E-state index contributed by atoms with van der Waals surface area (Å²) in [6.45, 7) is -0.272. The number of rotatable bonds is 8. The van der Waals surface area contributed by atoms with Crippen LogP contribution in [0.4, 0.5) is 0 Å². The molecule has 0 aromatic heterocycles. The Morgan fingerprint density at radius 3 is 1.28 bits per heavy atom. The molecule has 190 valence electrons. The fourth-order valence-corrected chi connectivity index (χ4v) is 8.53. The van der Waals surface area contributed by atoms with Gasteiger partial charge in [0.25, 0.3) is 0 Å². The third-order valence-electron chi connectivity index (χ3n) is 6.48. The molecule has 0 saturated carbocycles. The third-order valence-corrected chi connectivity index (χ3v) is 10.6. The van der Waals surface area contributed by atoms with Crippen molar-refractivity contribution in [2.24, 2.45) is 10.2 Å². The first-order valence-corrected chi connectivity index (χ1v) is 14.7. The average molecular weight is 525 g/mol. The minimum absolute atomic E-state index is 0.159. The molecule has 0 heterocycles. The van der Waals surface area contributed by atoms with Crippen LogP contribution in [0.1, 0.15) is 22.8 Å². The molecule has 0 atom stereocenters. The lowest BCUT2D eigenvalue weighted by molar-refractivity contribution is 0.106. The van der Waals surface area contributed by atoms with Crippen LogP contribution < -0.4 is 15.9 Å². The molecule has 0 spiro atoms. The second-order valence-electron chi connectivity index (χ2n) is 9.11. The fraction of sp³-hybridized carbons (Fsp3) is 0.0286. The molecule has 0 saturated heterocycles. The van der Waals surface area contributed by atoms with Crippen LogP contribution in [0.2, 0.25) is 0 Å². The predicted octanol–water partition coefficient (Wildman–Crippen LogP) is 6.53. The highest BCUT2D eigenvalue weighted by atomic mass is 31.2. The predicted molar refractivity (Wildman–Crippen MR) is 168 cm³/mol. The van der Waals surface area contributed by atoms with Gasteiger partial charge >= 0.3 is 0 Å². The minimum atomic E-state index is -2.23. The second-order valence-corrected chi connectivity index (χ2v) is 12.4. The van der Waals surface area contributed by atoms with Crippen molar-refractivity contribution in [3.05, 3.63) is 163 Å². The Balaban J connectivity index is 1.72. The van der Waals surface area contributed by atoms with E-state index in [2.05, 4.69) is 88.8 Å². The van der Waals surface area contributed by atoms with Crippen molar-refractivity contribution in [3.63, 3.8) is 0 Å². The van der Waals surface area contributed by atoms with Crippen molar-refractivity contribution < 1.29 is 4.79 Å². The molecule has 0 bridgehead atoms. The van der Waals surface area contributed by atoms with E-state index in [9.17, 15) is 4.79 Å². The van der Waals surface area contributed by atoms with Crippen LogP contribution in [0.15, 0.2) is 162 Å². The van der Waals surface area contributed by atoms with Gasteiger partial charge in [0.05, 0.1) is 5.71 Å². The zero-order chi connectivity index (χ0) is 26.9. The number of nitrogens with zero attached hydrogens (tertiary/aromatic N) is 2. The largest absolute Gasteiger partial charge is 0.287 e. The smallest absolute Gasteiger partial charge is 0.213 e. The summed E-state index contributed by atoms with van der Waals surface area (Å²) >= 11 is 0. The molecule has 5 aromatic rings. The van der Waals surface area contributed by atoms with E-state index in [4.69, 9.17) is 0 Å². The zero-order valence-electron chi connectivity index (χ0n) is 21.8. The Hall–Kier alpha value is -4.59. The van der Waals surface area contributed by atoms with E-state index in [0.717, 1.165) is 11.3 Å². The van der Waals surface area contributed by atoms with Crippen molar-refractivity contribution in [2.75, 3.05) is 0 Å². The average Bonchev–Trinajstić information content (AvgIpc) is 3.02. The van der Waals surface area contributed by atoms with Crippen molar-refractivity contribution in [1.29, 1.82) is 0 Å². The molecule has 4 heteroatoms. The molecule has 0 amide bonds. The summed E-state index contributed by atoms with van der Waals surface area (Å²) < 4.78 is 0. The molecule has 0 aliphatic rings. The lowest BCUT2D eigenvalue weighted by atomic mass is 10.0. The van der Waals surface area contributed by atoms with E-state index >= 15 is 0 Å². The number of benzene rings is 5. The first-order chi connectivity index (χ1) is 19.2. The van der Waals surface area contributed by atoms with Crippen molar-refractivity contribution in [1.82, 2.24) is 0 Å². The fourth-order valence-electron chi connectivity index (χ4n) is 4.65. The highest BCUT2D eigenvalue weighted by molar-refractivity contribution is 7.95. The Morgan fingerprint density at radius 2 is 0.872 bits per heavy atom. The maximum absolute atomic E-state index is 13.5. The van der Waals surface area contributed by atoms with Crippen LogP contribution in [-0.4, -0.2) is 23.0 Å². The highest BCUT2D eigenvalue weighted by Gasteiger charge is 2.25. The summed E-state index contributed by atoms with van der Waals surface area (Å²) in [5, 5.41) is 12.9. The number of hydrogen-bond acceptors (Lipinski definition) is 3. The highest BCUT2D eigenvalue weighted by Crippen LogP contribution is 2.43. The molecular weight excluding hydrogens is 495 g/mol. The minimum Gasteiger partial charge on any atom is -0.287 e. The third kappa shape index (κ3) is 5.80. The maximum atomic E-state index is 13.5. The number of Topliss-reactive ketones (excluding diaryl/α,β-unsaturated/α-hetero) is 1. The van der Waals surface area contributed by atoms with E-state index in [0.29, 0.717) is 11.3 Å². The van der Waals surface area contributed by atoms with Gasteiger partial charge in [-0.15, -0.1) is 5.10 Å². The van der Waals surface area contributed by atoms with Gasteiger partial charge in [0.2, 0.25) is 5.78 Å². The number of hydrogen-bond donors (Lipinski definition) is 0. The summed E-state index contributed by atoms with van der Waals surface area (Å²) in [7, 11) is 0. The molecule has 5 rings (SSSR count). The summed E-state index contributed by atoms with van der Waals surface area (Å²) in [4.78, 5) is 13.5. The summed E-state index contributed by atoms with van der Waals surface area (Å²) in [6, 6.07) is 50.5.